The number of benzene rings is 2. The molecule has 0 saturated carbocycles. The third-order valence-corrected chi connectivity index (χ3v) is 3.25. The maximum atomic E-state index is 11.9. The number of phenolic OH excluding ortho intramolecular Hbond substituents is 1. The van der Waals surface area contributed by atoms with Crippen molar-refractivity contribution in [3.63, 3.8) is 0 Å². The van der Waals surface area contributed by atoms with Crippen LogP contribution in [0.5, 0.6) is 5.75 Å². The van der Waals surface area contributed by atoms with Crippen molar-refractivity contribution >= 4 is 22.6 Å². The Hall–Kier alpha value is -2.20. The van der Waals surface area contributed by atoms with Crippen LogP contribution in [-0.4, -0.2) is 14.7 Å². The molecule has 5 heteroatoms. The number of nitrogens with one attached hydrogen (secondary N) is 1. The van der Waals surface area contributed by atoms with Crippen LogP contribution in [-0.2, 0) is 6.54 Å². The predicted molar refractivity (Wildman–Crippen MR) is 74.8 cm³/mol. The fourth-order valence-electron chi connectivity index (χ4n) is 2.14. The van der Waals surface area contributed by atoms with Gasteiger partial charge in [0, 0.05) is 5.02 Å². The SMILES string of the molecule is O=c1[nH]c2c(O)cccc2n1Cc1cccc(Cl)c1. The minimum absolute atomic E-state index is 0.0689. The van der Waals surface area contributed by atoms with E-state index in [-0.39, 0.29) is 11.4 Å². The van der Waals surface area contributed by atoms with E-state index in [2.05, 4.69) is 4.98 Å². The molecule has 1 heterocycles. The smallest absolute Gasteiger partial charge is 0.326 e. The van der Waals surface area contributed by atoms with Gasteiger partial charge < -0.3 is 10.1 Å². The molecular weight excluding hydrogens is 264 g/mol. The maximum Gasteiger partial charge on any atom is 0.326 e. The van der Waals surface area contributed by atoms with Crippen LogP contribution in [0, 0.1) is 0 Å². The number of rotatable bonds is 2. The Morgan fingerprint density at radius 2 is 2.00 bits per heavy atom. The van der Waals surface area contributed by atoms with Gasteiger partial charge in [0.25, 0.3) is 0 Å². The second-order valence-electron chi connectivity index (χ2n) is 4.32. The Balaban J connectivity index is 2.13. The maximum absolute atomic E-state index is 11.9. The number of aromatic nitrogens is 2. The number of H-pyrrole nitrogens is 1. The lowest BCUT2D eigenvalue weighted by Crippen LogP contribution is -2.17. The number of nitrogens with zero attached hydrogens (tertiary/aromatic N) is 1. The zero-order chi connectivity index (χ0) is 13.4. The van der Waals surface area contributed by atoms with Gasteiger partial charge in [0.1, 0.15) is 11.3 Å². The summed E-state index contributed by atoms with van der Waals surface area (Å²) in [6.07, 6.45) is 0. The van der Waals surface area contributed by atoms with E-state index in [1.54, 1.807) is 28.8 Å². The summed E-state index contributed by atoms with van der Waals surface area (Å²) in [4.78, 5) is 14.6. The second-order valence-corrected chi connectivity index (χ2v) is 4.75. The lowest BCUT2D eigenvalue weighted by molar-refractivity contribution is 0.480. The molecule has 0 aliphatic carbocycles. The van der Waals surface area contributed by atoms with Gasteiger partial charge in [0.05, 0.1) is 12.1 Å². The molecular formula is C14H11ClN2O2. The number of fused-ring (bicyclic) bond motifs is 1. The molecule has 0 aliphatic rings. The van der Waals surface area contributed by atoms with Crippen molar-refractivity contribution in [2.45, 2.75) is 6.54 Å². The summed E-state index contributed by atoms with van der Waals surface area (Å²) in [5.41, 5.74) is 1.80. The molecule has 2 N–H and O–H groups in total. The summed E-state index contributed by atoms with van der Waals surface area (Å²) in [5, 5.41) is 10.3. The lowest BCUT2D eigenvalue weighted by Gasteiger charge is -2.04. The van der Waals surface area contributed by atoms with Gasteiger partial charge in [0.15, 0.2) is 0 Å². The van der Waals surface area contributed by atoms with Crippen LogP contribution in [0.15, 0.2) is 47.3 Å². The van der Waals surface area contributed by atoms with Crippen LogP contribution in [0.1, 0.15) is 5.56 Å². The molecule has 0 fully saturated rings. The van der Waals surface area contributed by atoms with Crippen LogP contribution >= 0.6 is 11.6 Å². The van der Waals surface area contributed by atoms with Crippen LogP contribution in [0.3, 0.4) is 0 Å². The van der Waals surface area contributed by atoms with Crippen molar-refractivity contribution in [3.05, 3.63) is 63.5 Å². The standard InChI is InChI=1S/C14H11ClN2O2/c15-10-4-1-3-9(7-10)8-17-11-5-2-6-12(18)13(11)16-14(17)19/h1-7,18H,8H2,(H,16,19). The number of hydrogen-bond acceptors (Lipinski definition) is 2. The molecule has 0 spiro atoms. The normalized spacial score (nSPS) is 11.0. The first-order valence-electron chi connectivity index (χ1n) is 5.80. The van der Waals surface area contributed by atoms with E-state index < -0.39 is 0 Å². The van der Waals surface area contributed by atoms with Gasteiger partial charge in [-0.2, -0.15) is 0 Å². The third-order valence-electron chi connectivity index (χ3n) is 3.02. The molecule has 3 rings (SSSR count). The van der Waals surface area contributed by atoms with Gasteiger partial charge in [0.2, 0.25) is 0 Å². The molecule has 1 aromatic heterocycles. The van der Waals surface area contributed by atoms with E-state index in [1.807, 2.05) is 18.2 Å². The molecule has 0 unspecified atom stereocenters. The topological polar surface area (TPSA) is 58.0 Å². The Kier molecular flexibility index (Phi) is 2.80. The van der Waals surface area contributed by atoms with Crippen molar-refractivity contribution in [2.24, 2.45) is 0 Å². The van der Waals surface area contributed by atoms with E-state index in [0.29, 0.717) is 22.6 Å². The number of halogens is 1. The highest BCUT2D eigenvalue weighted by Crippen LogP contribution is 2.21. The van der Waals surface area contributed by atoms with Gasteiger partial charge in [-0.05, 0) is 29.8 Å². The zero-order valence-electron chi connectivity index (χ0n) is 9.93. The average Bonchev–Trinajstić information content (AvgIpc) is 2.69. The molecule has 0 radical (unpaired) electrons. The van der Waals surface area contributed by atoms with Gasteiger partial charge >= 0.3 is 5.69 Å². The first-order valence-corrected chi connectivity index (χ1v) is 6.18. The second kappa shape index (κ2) is 4.48. The van der Waals surface area contributed by atoms with E-state index in [9.17, 15) is 9.90 Å². The molecule has 4 nitrogen and oxygen atoms in total. The number of imidazole rings is 1. The Labute approximate surface area is 113 Å². The molecule has 0 bridgehead atoms. The highest BCUT2D eigenvalue weighted by Gasteiger charge is 2.09. The number of phenols is 1. The van der Waals surface area contributed by atoms with E-state index >= 15 is 0 Å². The van der Waals surface area contributed by atoms with Gasteiger partial charge in [-0.25, -0.2) is 4.79 Å². The van der Waals surface area contributed by atoms with Crippen LogP contribution in [0.25, 0.3) is 11.0 Å². The molecule has 0 atom stereocenters. The molecule has 2 aromatic carbocycles. The van der Waals surface area contributed by atoms with Crippen molar-refractivity contribution < 1.29 is 5.11 Å². The average molecular weight is 275 g/mol. The predicted octanol–water partition coefficient (Wildman–Crippen LogP) is 2.74. The highest BCUT2D eigenvalue weighted by atomic mass is 35.5. The van der Waals surface area contributed by atoms with Gasteiger partial charge in [-0.15, -0.1) is 0 Å². The van der Waals surface area contributed by atoms with E-state index in [4.69, 9.17) is 11.6 Å². The Bertz CT molecular complexity index is 805. The molecule has 0 amide bonds. The molecule has 0 aliphatic heterocycles. The summed E-state index contributed by atoms with van der Waals surface area (Å²) >= 11 is 5.93. The molecule has 19 heavy (non-hydrogen) atoms. The van der Waals surface area contributed by atoms with Gasteiger partial charge in [-0.1, -0.05) is 29.8 Å². The van der Waals surface area contributed by atoms with E-state index in [1.165, 1.54) is 0 Å². The lowest BCUT2D eigenvalue weighted by atomic mass is 10.2. The monoisotopic (exact) mass is 274 g/mol. The number of hydrogen-bond donors (Lipinski definition) is 2. The van der Waals surface area contributed by atoms with Crippen molar-refractivity contribution in [1.82, 2.24) is 9.55 Å². The fraction of sp³-hybridized carbons (Fsp3) is 0.0714. The number of aromatic hydroxyl groups is 1. The number of aromatic amines is 1. The summed E-state index contributed by atoms with van der Waals surface area (Å²) in [7, 11) is 0. The third kappa shape index (κ3) is 2.11. The first-order chi connectivity index (χ1) is 9.15. The largest absolute Gasteiger partial charge is 0.506 e. The Morgan fingerprint density at radius 3 is 2.79 bits per heavy atom. The summed E-state index contributed by atoms with van der Waals surface area (Å²) < 4.78 is 1.57. The minimum atomic E-state index is -0.253. The van der Waals surface area contributed by atoms with Crippen molar-refractivity contribution in [1.29, 1.82) is 0 Å². The summed E-state index contributed by atoms with van der Waals surface area (Å²) in [6, 6.07) is 12.4. The Morgan fingerprint density at radius 1 is 1.21 bits per heavy atom. The van der Waals surface area contributed by atoms with Crippen LogP contribution in [0.4, 0.5) is 0 Å². The molecule has 96 valence electrons. The minimum Gasteiger partial charge on any atom is -0.506 e. The summed E-state index contributed by atoms with van der Waals surface area (Å²) in [5.74, 6) is 0.0689. The fourth-order valence-corrected chi connectivity index (χ4v) is 2.35. The van der Waals surface area contributed by atoms with Crippen molar-refractivity contribution in [2.75, 3.05) is 0 Å². The van der Waals surface area contributed by atoms with Crippen LogP contribution < -0.4 is 5.69 Å². The zero-order valence-corrected chi connectivity index (χ0v) is 10.7. The van der Waals surface area contributed by atoms with Crippen molar-refractivity contribution in [3.8, 4) is 5.75 Å². The van der Waals surface area contributed by atoms with Gasteiger partial charge in [-0.3, -0.25) is 4.57 Å². The number of para-hydroxylation sites is 1. The molecule has 0 saturated heterocycles. The highest BCUT2D eigenvalue weighted by molar-refractivity contribution is 6.30. The molecule has 3 aromatic rings. The van der Waals surface area contributed by atoms with Crippen LogP contribution in [0.2, 0.25) is 5.02 Å². The quantitative estimate of drug-likeness (QED) is 0.755. The summed E-state index contributed by atoms with van der Waals surface area (Å²) in [6.45, 7) is 0.406. The van der Waals surface area contributed by atoms with E-state index in [0.717, 1.165) is 5.56 Å². The first kappa shape index (κ1) is 11.9.